The van der Waals surface area contributed by atoms with E-state index in [0.29, 0.717) is 10.7 Å². The molecule has 0 bridgehead atoms. The molecule has 26 heavy (non-hydrogen) atoms. The molecule has 1 saturated heterocycles. The van der Waals surface area contributed by atoms with Crippen LogP contribution in [-0.4, -0.2) is 25.5 Å². The molecule has 2 N–H and O–H groups in total. The van der Waals surface area contributed by atoms with Crippen molar-refractivity contribution in [3.63, 3.8) is 0 Å². The summed E-state index contributed by atoms with van der Waals surface area (Å²) in [7, 11) is 0. The Morgan fingerprint density at radius 3 is 2.42 bits per heavy atom. The first-order valence-corrected chi connectivity index (χ1v) is 9.56. The number of carbonyl (C=O) groups is 1. The average molecular weight is 372 g/mol. The lowest BCUT2D eigenvalue weighted by Gasteiger charge is -2.28. The van der Waals surface area contributed by atoms with Crippen LogP contribution >= 0.6 is 11.6 Å². The monoisotopic (exact) mass is 371 g/mol. The predicted octanol–water partition coefficient (Wildman–Crippen LogP) is 5.00. The van der Waals surface area contributed by atoms with Crippen LogP contribution in [0.2, 0.25) is 5.02 Å². The first-order chi connectivity index (χ1) is 12.5. The van der Waals surface area contributed by atoms with Crippen LogP contribution < -0.4 is 15.5 Å². The summed E-state index contributed by atoms with van der Waals surface area (Å²) in [4.78, 5) is 14.7. The van der Waals surface area contributed by atoms with E-state index in [1.165, 1.54) is 24.9 Å². The molecule has 2 aromatic carbocycles. The van der Waals surface area contributed by atoms with Crippen LogP contribution in [-0.2, 0) is 4.79 Å². The Bertz CT molecular complexity index is 744. The molecule has 0 unspecified atom stereocenters. The standard InChI is InChI=1S/C21H26ClN3O/c1-15-12-16(2)21(19(22)13-15)24-20(26)14-23-17-6-8-18(9-7-17)25-10-4-3-5-11-25/h6-9,12-13,23H,3-5,10-11,14H2,1-2H3,(H,24,26). The Kier molecular flexibility index (Phi) is 6.04. The van der Waals surface area contributed by atoms with Gasteiger partial charge in [-0.1, -0.05) is 17.7 Å². The van der Waals surface area contributed by atoms with Crippen LogP contribution in [0.1, 0.15) is 30.4 Å². The summed E-state index contributed by atoms with van der Waals surface area (Å²) >= 11 is 6.25. The Morgan fingerprint density at radius 2 is 1.77 bits per heavy atom. The number of rotatable bonds is 5. The summed E-state index contributed by atoms with van der Waals surface area (Å²) in [6.07, 6.45) is 3.86. The lowest BCUT2D eigenvalue weighted by molar-refractivity contribution is -0.114. The van der Waals surface area contributed by atoms with Crippen LogP contribution in [0.5, 0.6) is 0 Å². The molecule has 0 aromatic heterocycles. The van der Waals surface area contributed by atoms with Gasteiger partial charge in [0.25, 0.3) is 0 Å². The molecule has 4 nitrogen and oxygen atoms in total. The van der Waals surface area contributed by atoms with Gasteiger partial charge in [-0.15, -0.1) is 0 Å². The number of piperidine rings is 1. The Labute approximate surface area is 160 Å². The van der Waals surface area contributed by atoms with Crippen molar-refractivity contribution in [2.24, 2.45) is 0 Å². The van der Waals surface area contributed by atoms with E-state index in [2.05, 4.69) is 27.7 Å². The van der Waals surface area contributed by atoms with Crippen molar-refractivity contribution in [2.75, 3.05) is 35.2 Å². The zero-order chi connectivity index (χ0) is 18.5. The summed E-state index contributed by atoms with van der Waals surface area (Å²) in [6, 6.07) is 12.2. The molecule has 3 rings (SSSR count). The zero-order valence-electron chi connectivity index (χ0n) is 15.4. The second kappa shape index (κ2) is 8.45. The summed E-state index contributed by atoms with van der Waals surface area (Å²) in [6.45, 7) is 6.39. The Morgan fingerprint density at radius 1 is 1.08 bits per heavy atom. The highest BCUT2D eigenvalue weighted by Crippen LogP contribution is 2.27. The first-order valence-electron chi connectivity index (χ1n) is 9.18. The van der Waals surface area contributed by atoms with E-state index >= 15 is 0 Å². The Balaban J connectivity index is 1.54. The lowest BCUT2D eigenvalue weighted by atomic mass is 10.1. The van der Waals surface area contributed by atoms with Crippen LogP contribution in [0.25, 0.3) is 0 Å². The molecule has 0 atom stereocenters. The van der Waals surface area contributed by atoms with Gasteiger partial charge in [0, 0.05) is 24.5 Å². The maximum Gasteiger partial charge on any atom is 0.243 e. The van der Waals surface area contributed by atoms with Crippen molar-refractivity contribution in [1.29, 1.82) is 0 Å². The second-order valence-corrected chi connectivity index (χ2v) is 7.34. The molecular weight excluding hydrogens is 346 g/mol. The maximum atomic E-state index is 12.2. The molecule has 5 heteroatoms. The third-order valence-electron chi connectivity index (χ3n) is 4.74. The molecule has 138 valence electrons. The number of benzene rings is 2. The lowest BCUT2D eigenvalue weighted by Crippen LogP contribution is -2.29. The van der Waals surface area contributed by atoms with Gasteiger partial charge < -0.3 is 15.5 Å². The smallest absolute Gasteiger partial charge is 0.243 e. The van der Waals surface area contributed by atoms with Gasteiger partial charge in [0.15, 0.2) is 0 Å². The normalized spacial score (nSPS) is 14.2. The van der Waals surface area contributed by atoms with E-state index in [1.54, 1.807) is 0 Å². The minimum atomic E-state index is -0.112. The van der Waals surface area contributed by atoms with E-state index in [0.717, 1.165) is 29.9 Å². The summed E-state index contributed by atoms with van der Waals surface area (Å²) in [5.41, 5.74) is 4.92. The highest BCUT2D eigenvalue weighted by Gasteiger charge is 2.11. The van der Waals surface area contributed by atoms with Crippen molar-refractivity contribution in [3.05, 3.63) is 52.5 Å². The summed E-state index contributed by atoms with van der Waals surface area (Å²) < 4.78 is 0. The molecule has 0 spiro atoms. The fourth-order valence-corrected chi connectivity index (χ4v) is 3.75. The SMILES string of the molecule is Cc1cc(C)c(NC(=O)CNc2ccc(N3CCCCC3)cc2)c(Cl)c1. The van der Waals surface area contributed by atoms with Crippen LogP contribution in [0.4, 0.5) is 17.1 Å². The molecule has 1 aliphatic rings. The fourth-order valence-electron chi connectivity index (χ4n) is 3.38. The maximum absolute atomic E-state index is 12.2. The number of hydrogen-bond acceptors (Lipinski definition) is 3. The van der Waals surface area contributed by atoms with Crippen molar-refractivity contribution in [1.82, 2.24) is 0 Å². The number of amides is 1. The van der Waals surface area contributed by atoms with Gasteiger partial charge in [0.2, 0.25) is 5.91 Å². The topological polar surface area (TPSA) is 44.4 Å². The van der Waals surface area contributed by atoms with E-state index in [4.69, 9.17) is 11.6 Å². The third-order valence-corrected chi connectivity index (χ3v) is 5.04. The fraction of sp³-hybridized carbons (Fsp3) is 0.381. The van der Waals surface area contributed by atoms with Crippen molar-refractivity contribution in [3.8, 4) is 0 Å². The van der Waals surface area contributed by atoms with E-state index in [-0.39, 0.29) is 12.5 Å². The number of nitrogens with zero attached hydrogens (tertiary/aromatic N) is 1. The molecular formula is C21H26ClN3O. The molecule has 0 aliphatic carbocycles. The minimum Gasteiger partial charge on any atom is -0.376 e. The molecule has 1 fully saturated rings. The van der Waals surface area contributed by atoms with Crippen molar-refractivity contribution in [2.45, 2.75) is 33.1 Å². The highest BCUT2D eigenvalue weighted by atomic mass is 35.5. The van der Waals surface area contributed by atoms with E-state index < -0.39 is 0 Å². The number of anilines is 3. The quantitative estimate of drug-likeness (QED) is 0.777. The van der Waals surface area contributed by atoms with Crippen molar-refractivity contribution < 1.29 is 4.79 Å². The number of nitrogens with one attached hydrogen (secondary N) is 2. The minimum absolute atomic E-state index is 0.112. The highest BCUT2D eigenvalue weighted by molar-refractivity contribution is 6.34. The van der Waals surface area contributed by atoms with Gasteiger partial charge in [0.1, 0.15) is 0 Å². The Hall–Kier alpha value is -2.20. The predicted molar refractivity (Wildman–Crippen MR) is 111 cm³/mol. The summed E-state index contributed by atoms with van der Waals surface area (Å²) in [5, 5.41) is 6.64. The molecule has 1 aliphatic heterocycles. The van der Waals surface area contributed by atoms with Crippen LogP contribution in [0.15, 0.2) is 36.4 Å². The number of halogens is 1. The number of aryl methyl sites for hydroxylation is 2. The van der Waals surface area contributed by atoms with Gasteiger partial charge in [-0.05, 0) is 74.6 Å². The van der Waals surface area contributed by atoms with Gasteiger partial charge in [-0.3, -0.25) is 4.79 Å². The van der Waals surface area contributed by atoms with Gasteiger partial charge in [-0.25, -0.2) is 0 Å². The number of carbonyl (C=O) groups excluding carboxylic acids is 1. The average Bonchev–Trinajstić information content (AvgIpc) is 2.64. The van der Waals surface area contributed by atoms with Gasteiger partial charge in [0.05, 0.1) is 17.3 Å². The van der Waals surface area contributed by atoms with E-state index in [9.17, 15) is 4.79 Å². The van der Waals surface area contributed by atoms with Crippen LogP contribution in [0.3, 0.4) is 0 Å². The molecule has 0 saturated carbocycles. The van der Waals surface area contributed by atoms with E-state index in [1.807, 2.05) is 38.1 Å². The number of hydrogen-bond donors (Lipinski definition) is 2. The van der Waals surface area contributed by atoms with Crippen molar-refractivity contribution >= 4 is 34.6 Å². The molecule has 1 amide bonds. The molecule has 2 aromatic rings. The first kappa shape index (κ1) is 18.6. The largest absolute Gasteiger partial charge is 0.376 e. The zero-order valence-corrected chi connectivity index (χ0v) is 16.2. The molecule has 1 heterocycles. The van der Waals surface area contributed by atoms with Gasteiger partial charge in [-0.2, -0.15) is 0 Å². The van der Waals surface area contributed by atoms with Crippen LogP contribution in [0, 0.1) is 13.8 Å². The molecule has 0 radical (unpaired) electrons. The second-order valence-electron chi connectivity index (χ2n) is 6.93. The third kappa shape index (κ3) is 4.70. The van der Waals surface area contributed by atoms with Gasteiger partial charge >= 0.3 is 0 Å². The summed E-state index contributed by atoms with van der Waals surface area (Å²) in [5.74, 6) is -0.112.